The summed E-state index contributed by atoms with van der Waals surface area (Å²) in [5, 5.41) is 21.1. The molecule has 2 aliphatic rings. The first-order valence-electron chi connectivity index (χ1n) is 8.96. The van der Waals surface area contributed by atoms with Crippen LogP contribution >= 0.6 is 0 Å². The van der Waals surface area contributed by atoms with E-state index < -0.39 is 24.1 Å². The van der Waals surface area contributed by atoms with E-state index in [2.05, 4.69) is 13.0 Å². The van der Waals surface area contributed by atoms with Crippen LogP contribution in [0, 0.1) is 6.92 Å². The summed E-state index contributed by atoms with van der Waals surface area (Å²) < 4.78 is 17.7. The van der Waals surface area contributed by atoms with E-state index in [0.29, 0.717) is 13.0 Å². The first kappa shape index (κ1) is 18.4. The SMILES string of the molecule is CC/C=C\c1c(C)ccc(O)c1C1CC(O)[C@@H]2OC(C)(C)OCC2O1. The first-order valence-corrected chi connectivity index (χ1v) is 8.96. The zero-order chi connectivity index (χ0) is 18.2. The summed E-state index contributed by atoms with van der Waals surface area (Å²) in [6.45, 7) is 8.11. The highest BCUT2D eigenvalue weighted by Gasteiger charge is 2.46. The summed E-state index contributed by atoms with van der Waals surface area (Å²) in [6, 6.07) is 3.58. The Kier molecular flexibility index (Phi) is 5.21. The van der Waals surface area contributed by atoms with Crippen molar-refractivity contribution in [2.75, 3.05) is 6.61 Å². The van der Waals surface area contributed by atoms with Crippen LogP contribution in [0.4, 0.5) is 0 Å². The van der Waals surface area contributed by atoms with Crippen molar-refractivity contribution in [3.63, 3.8) is 0 Å². The van der Waals surface area contributed by atoms with Gasteiger partial charge in [-0.25, -0.2) is 0 Å². The summed E-state index contributed by atoms with van der Waals surface area (Å²) in [7, 11) is 0. The summed E-state index contributed by atoms with van der Waals surface area (Å²) >= 11 is 0. The fourth-order valence-electron chi connectivity index (χ4n) is 3.59. The molecule has 138 valence electrons. The molecule has 5 heteroatoms. The normalized spacial score (nSPS) is 31.9. The second-order valence-corrected chi connectivity index (χ2v) is 7.30. The van der Waals surface area contributed by atoms with Crippen molar-refractivity contribution < 1.29 is 24.4 Å². The predicted molar refractivity (Wildman–Crippen MR) is 95.3 cm³/mol. The van der Waals surface area contributed by atoms with Crippen molar-refractivity contribution >= 4 is 6.08 Å². The van der Waals surface area contributed by atoms with E-state index in [1.165, 1.54) is 0 Å². The zero-order valence-corrected chi connectivity index (χ0v) is 15.4. The van der Waals surface area contributed by atoms with Crippen LogP contribution in [-0.2, 0) is 14.2 Å². The van der Waals surface area contributed by atoms with Gasteiger partial charge in [0.25, 0.3) is 0 Å². The smallest absolute Gasteiger partial charge is 0.163 e. The average molecular weight is 348 g/mol. The Morgan fingerprint density at radius 2 is 2.08 bits per heavy atom. The van der Waals surface area contributed by atoms with Crippen molar-refractivity contribution in [3.05, 3.63) is 34.9 Å². The molecule has 0 aromatic heterocycles. The molecule has 0 saturated carbocycles. The Balaban J connectivity index is 1.91. The number of phenolic OH excluding ortho intramolecular Hbond substituents is 1. The molecular formula is C20H28O5. The Morgan fingerprint density at radius 1 is 1.32 bits per heavy atom. The highest BCUT2D eigenvalue weighted by molar-refractivity contribution is 5.62. The van der Waals surface area contributed by atoms with Gasteiger partial charge in [-0.1, -0.05) is 25.1 Å². The number of aliphatic hydroxyl groups excluding tert-OH is 1. The third-order valence-corrected chi connectivity index (χ3v) is 4.88. The number of allylic oxidation sites excluding steroid dienone is 1. The fraction of sp³-hybridized carbons (Fsp3) is 0.600. The van der Waals surface area contributed by atoms with Gasteiger partial charge in [0.1, 0.15) is 18.0 Å². The summed E-state index contributed by atoms with van der Waals surface area (Å²) in [6.07, 6.45) is 3.51. The Hall–Kier alpha value is -1.40. The molecule has 0 bridgehead atoms. The zero-order valence-electron chi connectivity index (χ0n) is 15.4. The van der Waals surface area contributed by atoms with Crippen LogP contribution in [0.3, 0.4) is 0 Å². The number of aryl methyl sites for hydroxylation is 1. The van der Waals surface area contributed by atoms with Crippen LogP contribution in [0.2, 0.25) is 0 Å². The maximum absolute atomic E-state index is 10.6. The topological polar surface area (TPSA) is 68.2 Å². The van der Waals surface area contributed by atoms with Crippen LogP contribution in [0.15, 0.2) is 18.2 Å². The van der Waals surface area contributed by atoms with Crippen molar-refractivity contribution in [2.24, 2.45) is 0 Å². The maximum atomic E-state index is 10.6. The standard InChI is InChI=1S/C20H28O5/c1-5-6-7-13-12(2)8-9-14(21)18(13)16-10-15(22)19-17(24-16)11-23-20(3,4)25-19/h6-9,15-17,19,21-22H,5,10-11H2,1-4H3/b7-6-/t15?,16?,17?,19-/m0/s1. The van der Waals surface area contributed by atoms with Crippen LogP contribution in [0.25, 0.3) is 6.08 Å². The Morgan fingerprint density at radius 3 is 2.80 bits per heavy atom. The highest BCUT2D eigenvalue weighted by Crippen LogP contribution is 2.42. The molecule has 0 amide bonds. The molecule has 2 N–H and O–H groups in total. The van der Waals surface area contributed by atoms with Crippen molar-refractivity contribution in [1.29, 1.82) is 0 Å². The van der Waals surface area contributed by atoms with Gasteiger partial charge in [-0.05, 0) is 44.4 Å². The average Bonchev–Trinajstić information content (AvgIpc) is 2.55. The van der Waals surface area contributed by atoms with Crippen LogP contribution in [0.1, 0.15) is 56.4 Å². The molecule has 1 aromatic carbocycles. The summed E-state index contributed by atoms with van der Waals surface area (Å²) in [5.41, 5.74) is 2.75. The van der Waals surface area contributed by atoms with Gasteiger partial charge in [0, 0.05) is 12.0 Å². The molecule has 3 unspecified atom stereocenters. The Labute approximate surface area is 149 Å². The highest BCUT2D eigenvalue weighted by atomic mass is 16.7. The molecule has 2 aliphatic heterocycles. The van der Waals surface area contributed by atoms with Crippen LogP contribution < -0.4 is 0 Å². The van der Waals surface area contributed by atoms with Gasteiger partial charge in [-0.15, -0.1) is 0 Å². The van der Waals surface area contributed by atoms with E-state index in [1.807, 2.05) is 32.9 Å². The number of aliphatic hydroxyl groups is 1. The number of ether oxygens (including phenoxy) is 3. The Bertz CT molecular complexity index is 652. The van der Waals surface area contributed by atoms with E-state index in [0.717, 1.165) is 23.1 Å². The number of hydrogen-bond acceptors (Lipinski definition) is 5. The van der Waals surface area contributed by atoms with Gasteiger partial charge in [-0.2, -0.15) is 0 Å². The third kappa shape index (κ3) is 3.75. The van der Waals surface area contributed by atoms with E-state index in [4.69, 9.17) is 14.2 Å². The number of benzene rings is 1. The number of phenols is 1. The third-order valence-electron chi connectivity index (χ3n) is 4.88. The fourth-order valence-corrected chi connectivity index (χ4v) is 3.59. The van der Waals surface area contributed by atoms with Crippen LogP contribution in [0.5, 0.6) is 5.75 Å². The molecule has 4 atom stereocenters. The van der Waals surface area contributed by atoms with Crippen molar-refractivity contribution in [2.45, 2.75) is 70.7 Å². The predicted octanol–water partition coefficient (Wildman–Crippen LogP) is 3.47. The second-order valence-electron chi connectivity index (χ2n) is 7.30. The van der Waals surface area contributed by atoms with Gasteiger partial charge >= 0.3 is 0 Å². The van der Waals surface area contributed by atoms with Crippen molar-refractivity contribution in [1.82, 2.24) is 0 Å². The van der Waals surface area contributed by atoms with Crippen molar-refractivity contribution in [3.8, 4) is 5.75 Å². The van der Waals surface area contributed by atoms with Gasteiger partial charge in [-0.3, -0.25) is 0 Å². The number of hydrogen-bond donors (Lipinski definition) is 2. The molecule has 25 heavy (non-hydrogen) atoms. The second kappa shape index (κ2) is 7.08. The lowest BCUT2D eigenvalue weighted by Gasteiger charge is -2.47. The molecule has 2 heterocycles. The van der Waals surface area contributed by atoms with Gasteiger partial charge in [0.2, 0.25) is 0 Å². The van der Waals surface area contributed by atoms with E-state index in [1.54, 1.807) is 6.07 Å². The molecule has 5 nitrogen and oxygen atoms in total. The number of aromatic hydroxyl groups is 1. The minimum atomic E-state index is -0.723. The first-order chi connectivity index (χ1) is 11.8. The molecule has 1 aromatic rings. The minimum absolute atomic E-state index is 0.190. The molecule has 0 radical (unpaired) electrons. The quantitative estimate of drug-likeness (QED) is 0.875. The molecular weight excluding hydrogens is 320 g/mol. The minimum Gasteiger partial charge on any atom is -0.508 e. The monoisotopic (exact) mass is 348 g/mol. The number of rotatable bonds is 3. The molecule has 2 fully saturated rings. The lowest BCUT2D eigenvalue weighted by molar-refractivity contribution is -0.345. The lowest BCUT2D eigenvalue weighted by Crippen LogP contribution is -2.57. The van der Waals surface area contributed by atoms with E-state index >= 15 is 0 Å². The molecule has 3 rings (SSSR count). The molecule has 0 aliphatic carbocycles. The van der Waals surface area contributed by atoms with Gasteiger partial charge in [0.15, 0.2) is 5.79 Å². The van der Waals surface area contributed by atoms with Gasteiger partial charge < -0.3 is 24.4 Å². The lowest BCUT2D eigenvalue weighted by atomic mass is 9.88. The molecule has 2 saturated heterocycles. The summed E-state index contributed by atoms with van der Waals surface area (Å²) in [5.74, 6) is -0.534. The largest absolute Gasteiger partial charge is 0.508 e. The van der Waals surface area contributed by atoms with E-state index in [9.17, 15) is 10.2 Å². The van der Waals surface area contributed by atoms with Crippen LogP contribution in [-0.4, -0.2) is 40.9 Å². The van der Waals surface area contributed by atoms with E-state index in [-0.39, 0.29) is 11.9 Å². The molecule has 0 spiro atoms. The summed E-state index contributed by atoms with van der Waals surface area (Å²) in [4.78, 5) is 0. The van der Waals surface area contributed by atoms with Gasteiger partial charge in [0.05, 0.1) is 18.8 Å². The number of fused-ring (bicyclic) bond motifs is 1. The maximum Gasteiger partial charge on any atom is 0.163 e.